The molecule has 0 aliphatic heterocycles. The number of ether oxygens (including phenoxy) is 1. The van der Waals surface area contributed by atoms with E-state index in [0.29, 0.717) is 16.7 Å². The Morgan fingerprint density at radius 2 is 1.88 bits per heavy atom. The Balaban J connectivity index is 1.65. The maximum Gasteiger partial charge on any atom is 0.351 e. The topological polar surface area (TPSA) is 85.6 Å². The van der Waals surface area contributed by atoms with Crippen LogP contribution in [0.15, 0.2) is 63.8 Å². The first kappa shape index (κ1) is 17.4. The second-order valence-electron chi connectivity index (χ2n) is 5.66. The number of fused-ring (bicyclic) bond motifs is 1. The molecule has 0 saturated heterocycles. The minimum Gasteiger partial charge on any atom is -0.452 e. The molecule has 6 nitrogen and oxygen atoms in total. The zero-order valence-electron chi connectivity index (χ0n) is 14.2. The fraction of sp³-hybridized carbons (Fsp3) is 0.150. The summed E-state index contributed by atoms with van der Waals surface area (Å²) in [5.74, 6) is -1.39. The van der Waals surface area contributed by atoms with Crippen molar-refractivity contribution in [1.29, 1.82) is 0 Å². The molecule has 0 saturated carbocycles. The Hall–Kier alpha value is -3.41. The first-order chi connectivity index (χ1) is 12.6. The van der Waals surface area contributed by atoms with Crippen LogP contribution in [0.3, 0.4) is 0 Å². The maximum atomic E-state index is 12.1. The SMILES string of the molecule is CCc1cccc(NC(=O)COC(=O)c2cc3ccccc3oc2=O)c1. The van der Waals surface area contributed by atoms with Crippen LogP contribution in [0.1, 0.15) is 22.8 Å². The van der Waals surface area contributed by atoms with Gasteiger partial charge in [-0.2, -0.15) is 0 Å². The summed E-state index contributed by atoms with van der Waals surface area (Å²) < 4.78 is 10.0. The predicted molar refractivity (Wildman–Crippen MR) is 97.2 cm³/mol. The number of rotatable bonds is 5. The van der Waals surface area contributed by atoms with Crippen LogP contribution in [0.5, 0.6) is 0 Å². The molecular formula is C20H17NO5. The molecule has 0 bridgehead atoms. The Kier molecular flexibility index (Phi) is 5.12. The first-order valence-electron chi connectivity index (χ1n) is 8.15. The molecule has 2 aromatic carbocycles. The molecule has 0 fully saturated rings. The van der Waals surface area contributed by atoms with Gasteiger partial charge in [-0.1, -0.05) is 37.3 Å². The number of carbonyl (C=O) groups is 2. The third-order valence-electron chi connectivity index (χ3n) is 3.81. The highest BCUT2D eigenvalue weighted by Crippen LogP contribution is 2.13. The largest absolute Gasteiger partial charge is 0.452 e. The summed E-state index contributed by atoms with van der Waals surface area (Å²) in [5, 5.41) is 3.25. The number of nitrogens with one attached hydrogen (secondary N) is 1. The fourth-order valence-electron chi connectivity index (χ4n) is 2.48. The molecule has 0 unspecified atom stereocenters. The number of anilines is 1. The standard InChI is InChI=1S/C20H17NO5/c1-2-13-6-5-8-15(10-13)21-18(22)12-25-19(23)16-11-14-7-3-4-9-17(14)26-20(16)24/h3-11H,2,12H2,1H3,(H,21,22). The number of hydrogen-bond donors (Lipinski definition) is 1. The normalized spacial score (nSPS) is 10.5. The lowest BCUT2D eigenvalue weighted by Crippen LogP contribution is -2.23. The smallest absolute Gasteiger partial charge is 0.351 e. The third-order valence-corrected chi connectivity index (χ3v) is 3.81. The van der Waals surface area contributed by atoms with Gasteiger partial charge in [-0.05, 0) is 36.2 Å². The molecule has 0 aliphatic carbocycles. The Morgan fingerprint density at radius 3 is 2.69 bits per heavy atom. The van der Waals surface area contributed by atoms with Crippen molar-refractivity contribution < 1.29 is 18.7 Å². The van der Waals surface area contributed by atoms with Gasteiger partial charge in [-0.3, -0.25) is 4.79 Å². The van der Waals surface area contributed by atoms with Crippen molar-refractivity contribution >= 4 is 28.5 Å². The molecule has 1 amide bonds. The van der Waals surface area contributed by atoms with Crippen molar-refractivity contribution in [3.05, 3.63) is 76.1 Å². The van der Waals surface area contributed by atoms with Gasteiger partial charge in [0, 0.05) is 11.1 Å². The Bertz CT molecular complexity index is 1020. The molecule has 3 rings (SSSR count). The lowest BCUT2D eigenvalue weighted by Gasteiger charge is -2.07. The lowest BCUT2D eigenvalue weighted by molar-refractivity contribution is -0.119. The van der Waals surface area contributed by atoms with Crippen LogP contribution in [-0.4, -0.2) is 18.5 Å². The van der Waals surface area contributed by atoms with Crippen molar-refractivity contribution in [2.45, 2.75) is 13.3 Å². The van der Waals surface area contributed by atoms with Crippen LogP contribution >= 0.6 is 0 Å². The van der Waals surface area contributed by atoms with Gasteiger partial charge in [0.1, 0.15) is 11.1 Å². The van der Waals surface area contributed by atoms with E-state index >= 15 is 0 Å². The van der Waals surface area contributed by atoms with Crippen LogP contribution in [0.25, 0.3) is 11.0 Å². The number of para-hydroxylation sites is 1. The van der Waals surface area contributed by atoms with E-state index in [0.717, 1.165) is 12.0 Å². The highest BCUT2D eigenvalue weighted by atomic mass is 16.5. The van der Waals surface area contributed by atoms with E-state index in [1.807, 2.05) is 25.1 Å². The van der Waals surface area contributed by atoms with Crippen molar-refractivity contribution in [2.24, 2.45) is 0 Å². The molecule has 6 heteroatoms. The zero-order chi connectivity index (χ0) is 18.5. The third kappa shape index (κ3) is 3.97. The summed E-state index contributed by atoms with van der Waals surface area (Å²) in [5.41, 5.74) is 1.03. The van der Waals surface area contributed by atoms with Crippen LogP contribution in [0.4, 0.5) is 5.69 Å². The van der Waals surface area contributed by atoms with Gasteiger partial charge in [-0.15, -0.1) is 0 Å². The molecule has 26 heavy (non-hydrogen) atoms. The van der Waals surface area contributed by atoms with E-state index in [-0.39, 0.29) is 5.56 Å². The van der Waals surface area contributed by atoms with Crippen molar-refractivity contribution in [3.8, 4) is 0 Å². The van der Waals surface area contributed by atoms with Crippen LogP contribution in [-0.2, 0) is 16.0 Å². The van der Waals surface area contributed by atoms with E-state index in [4.69, 9.17) is 9.15 Å². The quantitative estimate of drug-likeness (QED) is 0.564. The minimum absolute atomic E-state index is 0.246. The number of benzene rings is 2. The van der Waals surface area contributed by atoms with Crippen molar-refractivity contribution in [1.82, 2.24) is 0 Å². The molecule has 1 N–H and O–H groups in total. The highest BCUT2D eigenvalue weighted by molar-refractivity contribution is 5.96. The van der Waals surface area contributed by atoms with Gasteiger partial charge in [0.15, 0.2) is 6.61 Å². The molecule has 0 radical (unpaired) electrons. The molecule has 1 heterocycles. The summed E-state index contributed by atoms with van der Waals surface area (Å²) in [7, 11) is 0. The highest BCUT2D eigenvalue weighted by Gasteiger charge is 2.16. The monoisotopic (exact) mass is 351 g/mol. The van der Waals surface area contributed by atoms with E-state index in [1.54, 1.807) is 30.3 Å². The van der Waals surface area contributed by atoms with Gasteiger partial charge < -0.3 is 14.5 Å². The minimum atomic E-state index is -0.901. The van der Waals surface area contributed by atoms with Crippen molar-refractivity contribution in [3.63, 3.8) is 0 Å². The summed E-state index contributed by atoms with van der Waals surface area (Å²) in [4.78, 5) is 36.0. The Labute approximate surface area is 149 Å². The second kappa shape index (κ2) is 7.65. The molecule has 0 spiro atoms. The average molecular weight is 351 g/mol. The average Bonchev–Trinajstić information content (AvgIpc) is 2.65. The fourth-order valence-corrected chi connectivity index (χ4v) is 2.48. The molecule has 0 aliphatic rings. The van der Waals surface area contributed by atoms with E-state index in [1.165, 1.54) is 6.07 Å². The van der Waals surface area contributed by atoms with E-state index in [2.05, 4.69) is 5.32 Å². The number of aryl methyl sites for hydroxylation is 1. The lowest BCUT2D eigenvalue weighted by atomic mass is 10.1. The van der Waals surface area contributed by atoms with Crippen molar-refractivity contribution in [2.75, 3.05) is 11.9 Å². The molecule has 3 aromatic rings. The maximum absolute atomic E-state index is 12.1. The number of amides is 1. The first-order valence-corrected chi connectivity index (χ1v) is 8.15. The van der Waals surface area contributed by atoms with Gasteiger partial charge >= 0.3 is 11.6 Å². The van der Waals surface area contributed by atoms with Crippen LogP contribution in [0.2, 0.25) is 0 Å². The van der Waals surface area contributed by atoms with Crippen LogP contribution in [0, 0.1) is 0 Å². The summed E-state index contributed by atoms with van der Waals surface area (Å²) in [6.07, 6.45) is 0.844. The second-order valence-corrected chi connectivity index (χ2v) is 5.66. The molecule has 132 valence electrons. The summed E-state index contributed by atoms with van der Waals surface area (Å²) in [6.45, 7) is 1.51. The van der Waals surface area contributed by atoms with E-state index < -0.39 is 24.1 Å². The molecule has 1 aromatic heterocycles. The zero-order valence-corrected chi connectivity index (χ0v) is 14.2. The van der Waals surface area contributed by atoms with Gasteiger partial charge in [0.25, 0.3) is 5.91 Å². The number of hydrogen-bond acceptors (Lipinski definition) is 5. The molecule has 0 atom stereocenters. The predicted octanol–water partition coefficient (Wildman–Crippen LogP) is 3.15. The number of esters is 1. The molecular weight excluding hydrogens is 334 g/mol. The van der Waals surface area contributed by atoms with Gasteiger partial charge in [0.2, 0.25) is 0 Å². The van der Waals surface area contributed by atoms with E-state index in [9.17, 15) is 14.4 Å². The summed E-state index contributed by atoms with van der Waals surface area (Å²) in [6, 6.07) is 15.6. The number of carbonyl (C=O) groups excluding carboxylic acids is 2. The Morgan fingerprint density at radius 1 is 1.08 bits per heavy atom. The van der Waals surface area contributed by atoms with Gasteiger partial charge in [0.05, 0.1) is 0 Å². The van der Waals surface area contributed by atoms with Crippen LogP contribution < -0.4 is 10.9 Å². The van der Waals surface area contributed by atoms with Gasteiger partial charge in [-0.25, -0.2) is 9.59 Å². The summed E-state index contributed by atoms with van der Waals surface area (Å²) >= 11 is 0.